The Bertz CT molecular complexity index is 881. The fourth-order valence-corrected chi connectivity index (χ4v) is 3.64. The highest BCUT2D eigenvalue weighted by molar-refractivity contribution is 5.70. The molecule has 0 radical (unpaired) electrons. The van der Waals surface area contributed by atoms with Gasteiger partial charge in [-0.2, -0.15) is 0 Å². The summed E-state index contributed by atoms with van der Waals surface area (Å²) in [5.74, 6) is -0.187. The quantitative estimate of drug-likeness (QED) is 0.320. The van der Waals surface area contributed by atoms with Crippen molar-refractivity contribution in [1.82, 2.24) is 4.98 Å². The van der Waals surface area contributed by atoms with Crippen molar-refractivity contribution >= 4 is 0 Å². The Morgan fingerprint density at radius 3 is 2.07 bits per heavy atom. The SMILES string of the molecule is CCCCCCc1ccc(-c2ccc(-c3ccc(CCCC)nc3)cc2F)cc1. The molecule has 1 nitrogen and oxygen atoms in total. The molecule has 0 aliphatic rings. The molecule has 0 saturated heterocycles. The highest BCUT2D eigenvalue weighted by atomic mass is 19.1. The summed E-state index contributed by atoms with van der Waals surface area (Å²) in [5, 5.41) is 0. The smallest absolute Gasteiger partial charge is 0.131 e. The normalized spacial score (nSPS) is 11.0. The van der Waals surface area contributed by atoms with Crippen LogP contribution >= 0.6 is 0 Å². The zero-order chi connectivity index (χ0) is 20.5. The molecule has 0 spiro atoms. The monoisotopic (exact) mass is 389 g/mol. The third-order valence-corrected chi connectivity index (χ3v) is 5.50. The maximum absolute atomic E-state index is 14.8. The summed E-state index contributed by atoms with van der Waals surface area (Å²) >= 11 is 0. The molecule has 0 aliphatic carbocycles. The average molecular weight is 390 g/mol. The van der Waals surface area contributed by atoms with Crippen LogP contribution < -0.4 is 0 Å². The van der Waals surface area contributed by atoms with E-state index in [1.807, 2.05) is 36.5 Å². The summed E-state index contributed by atoms with van der Waals surface area (Å²) in [6.07, 6.45) is 11.3. The molecule has 3 aromatic rings. The van der Waals surface area contributed by atoms with Crippen LogP contribution in [0.15, 0.2) is 60.8 Å². The van der Waals surface area contributed by atoms with Gasteiger partial charge < -0.3 is 0 Å². The van der Waals surface area contributed by atoms with Crippen LogP contribution in [0.25, 0.3) is 22.3 Å². The molecule has 3 rings (SSSR count). The fourth-order valence-electron chi connectivity index (χ4n) is 3.64. The van der Waals surface area contributed by atoms with E-state index in [0.29, 0.717) is 5.56 Å². The Balaban J connectivity index is 1.69. The molecule has 0 bridgehead atoms. The second kappa shape index (κ2) is 10.9. The minimum Gasteiger partial charge on any atom is -0.261 e. The molecule has 0 aliphatic heterocycles. The summed E-state index contributed by atoms with van der Waals surface area (Å²) in [4.78, 5) is 4.53. The highest BCUT2D eigenvalue weighted by Gasteiger charge is 2.08. The number of hydrogen-bond donors (Lipinski definition) is 0. The molecule has 2 heteroatoms. The number of unbranched alkanes of at least 4 members (excludes halogenated alkanes) is 4. The third-order valence-electron chi connectivity index (χ3n) is 5.50. The molecule has 1 aromatic heterocycles. The molecule has 152 valence electrons. The van der Waals surface area contributed by atoms with Gasteiger partial charge in [0.1, 0.15) is 5.82 Å². The van der Waals surface area contributed by atoms with Crippen LogP contribution in [-0.4, -0.2) is 4.98 Å². The van der Waals surface area contributed by atoms with Crippen LogP contribution in [0.3, 0.4) is 0 Å². The lowest BCUT2D eigenvalue weighted by Crippen LogP contribution is -1.91. The van der Waals surface area contributed by atoms with E-state index in [0.717, 1.165) is 48.1 Å². The van der Waals surface area contributed by atoms with Crippen molar-refractivity contribution < 1.29 is 4.39 Å². The van der Waals surface area contributed by atoms with Gasteiger partial charge in [0.15, 0.2) is 0 Å². The molecule has 29 heavy (non-hydrogen) atoms. The van der Waals surface area contributed by atoms with Gasteiger partial charge in [0.25, 0.3) is 0 Å². The van der Waals surface area contributed by atoms with Crippen molar-refractivity contribution in [3.63, 3.8) is 0 Å². The zero-order valence-corrected chi connectivity index (χ0v) is 17.8. The maximum atomic E-state index is 14.8. The predicted octanol–water partition coefficient (Wildman–Crippen LogP) is 8.02. The minimum absolute atomic E-state index is 0.187. The topological polar surface area (TPSA) is 12.9 Å². The minimum atomic E-state index is -0.187. The Labute approximate surface area is 175 Å². The summed E-state index contributed by atoms with van der Waals surface area (Å²) in [5.41, 5.74) is 5.84. The van der Waals surface area contributed by atoms with Gasteiger partial charge in [-0.25, -0.2) is 4.39 Å². The summed E-state index contributed by atoms with van der Waals surface area (Å²) in [7, 11) is 0. The second-order valence-electron chi connectivity index (χ2n) is 7.84. The van der Waals surface area contributed by atoms with Crippen molar-refractivity contribution in [2.75, 3.05) is 0 Å². The van der Waals surface area contributed by atoms with E-state index in [1.165, 1.54) is 31.2 Å². The average Bonchev–Trinajstić information content (AvgIpc) is 2.76. The predicted molar refractivity (Wildman–Crippen MR) is 122 cm³/mol. The summed E-state index contributed by atoms with van der Waals surface area (Å²) in [6, 6.07) is 17.9. The summed E-state index contributed by atoms with van der Waals surface area (Å²) in [6.45, 7) is 4.41. The first-order valence-electron chi connectivity index (χ1n) is 11.1. The van der Waals surface area contributed by atoms with Crippen LogP contribution in [0, 0.1) is 5.82 Å². The zero-order valence-electron chi connectivity index (χ0n) is 17.8. The van der Waals surface area contributed by atoms with Gasteiger partial charge in [-0.15, -0.1) is 0 Å². The van der Waals surface area contributed by atoms with Crippen LogP contribution in [0.1, 0.15) is 63.6 Å². The molecule has 0 N–H and O–H groups in total. The number of aryl methyl sites for hydroxylation is 2. The standard InChI is InChI=1S/C27H32FN/c1-3-5-7-8-9-21-11-13-22(14-12-21)26-18-16-23(19-27(26)28)24-15-17-25(29-20-24)10-6-4-2/h11-20H,3-10H2,1-2H3. The van der Waals surface area contributed by atoms with Gasteiger partial charge in [0.2, 0.25) is 0 Å². The van der Waals surface area contributed by atoms with Gasteiger partial charge in [0, 0.05) is 23.0 Å². The third kappa shape index (κ3) is 6.00. The second-order valence-corrected chi connectivity index (χ2v) is 7.84. The Morgan fingerprint density at radius 2 is 1.41 bits per heavy atom. The first-order chi connectivity index (χ1) is 14.2. The van der Waals surface area contributed by atoms with Gasteiger partial charge >= 0.3 is 0 Å². The Morgan fingerprint density at radius 1 is 0.690 bits per heavy atom. The molecule has 0 fully saturated rings. The van der Waals surface area contributed by atoms with Gasteiger partial charge in [-0.05, 0) is 54.5 Å². The lowest BCUT2D eigenvalue weighted by molar-refractivity contribution is 0.632. The van der Waals surface area contributed by atoms with Gasteiger partial charge in [0.05, 0.1) is 0 Å². The lowest BCUT2D eigenvalue weighted by Gasteiger charge is -2.09. The molecule has 0 unspecified atom stereocenters. The molecule has 0 saturated carbocycles. The van der Waals surface area contributed by atoms with E-state index in [4.69, 9.17) is 0 Å². The van der Waals surface area contributed by atoms with Gasteiger partial charge in [-0.3, -0.25) is 4.98 Å². The van der Waals surface area contributed by atoms with E-state index in [-0.39, 0.29) is 5.82 Å². The van der Waals surface area contributed by atoms with Crippen LogP contribution in [0.4, 0.5) is 4.39 Å². The number of halogens is 1. The maximum Gasteiger partial charge on any atom is 0.131 e. The molecule has 2 aromatic carbocycles. The molecule has 1 heterocycles. The number of pyridine rings is 1. The first kappa shape index (κ1) is 21.2. The number of rotatable bonds is 10. The van der Waals surface area contributed by atoms with Crippen molar-refractivity contribution in [3.05, 3.63) is 77.9 Å². The van der Waals surface area contributed by atoms with Gasteiger partial charge in [-0.1, -0.05) is 82.0 Å². The molecular formula is C27H32FN. The fraction of sp³-hybridized carbons (Fsp3) is 0.370. The van der Waals surface area contributed by atoms with E-state index in [9.17, 15) is 4.39 Å². The van der Waals surface area contributed by atoms with E-state index in [2.05, 4.69) is 37.0 Å². The lowest BCUT2D eigenvalue weighted by atomic mass is 9.98. The first-order valence-corrected chi connectivity index (χ1v) is 11.1. The highest BCUT2D eigenvalue weighted by Crippen LogP contribution is 2.28. The van der Waals surface area contributed by atoms with Crippen molar-refractivity contribution in [2.24, 2.45) is 0 Å². The van der Waals surface area contributed by atoms with Crippen LogP contribution in [-0.2, 0) is 12.8 Å². The number of hydrogen-bond acceptors (Lipinski definition) is 1. The van der Waals surface area contributed by atoms with Crippen molar-refractivity contribution in [3.8, 4) is 22.3 Å². The largest absolute Gasteiger partial charge is 0.261 e. The number of benzene rings is 2. The van der Waals surface area contributed by atoms with Crippen molar-refractivity contribution in [1.29, 1.82) is 0 Å². The van der Waals surface area contributed by atoms with Crippen molar-refractivity contribution in [2.45, 2.75) is 65.2 Å². The van der Waals surface area contributed by atoms with E-state index >= 15 is 0 Å². The molecular weight excluding hydrogens is 357 g/mol. The van der Waals surface area contributed by atoms with Crippen LogP contribution in [0.2, 0.25) is 0 Å². The number of nitrogens with zero attached hydrogens (tertiary/aromatic N) is 1. The number of aromatic nitrogens is 1. The Hall–Kier alpha value is -2.48. The van der Waals surface area contributed by atoms with E-state index < -0.39 is 0 Å². The van der Waals surface area contributed by atoms with E-state index in [1.54, 1.807) is 6.07 Å². The Kier molecular flexibility index (Phi) is 7.98. The van der Waals surface area contributed by atoms with Crippen LogP contribution in [0.5, 0.6) is 0 Å². The summed E-state index contributed by atoms with van der Waals surface area (Å²) < 4.78 is 14.8. The molecule has 0 atom stereocenters. The molecule has 0 amide bonds.